The van der Waals surface area contributed by atoms with Crippen LogP contribution in [0.1, 0.15) is 11.1 Å². The van der Waals surface area contributed by atoms with Gasteiger partial charge in [0.25, 0.3) is 0 Å². The molecule has 0 amide bonds. The Balaban J connectivity index is 1.53. The van der Waals surface area contributed by atoms with Gasteiger partial charge in [0, 0.05) is 13.1 Å². The molecule has 0 radical (unpaired) electrons. The molecule has 0 unspecified atom stereocenters. The van der Waals surface area contributed by atoms with E-state index in [1.54, 1.807) is 0 Å². The summed E-state index contributed by atoms with van der Waals surface area (Å²) in [6.07, 6.45) is 1.93. The normalized spacial score (nSPS) is 10.2. The number of hydrogen-bond donors (Lipinski definition) is 2. The van der Waals surface area contributed by atoms with Gasteiger partial charge in [0.2, 0.25) is 0 Å². The van der Waals surface area contributed by atoms with E-state index in [1.165, 1.54) is 32.7 Å². The maximum absolute atomic E-state index is 5.32. The molecule has 6 heteroatoms. The van der Waals surface area contributed by atoms with Gasteiger partial charge in [-0.05, 0) is 45.6 Å². The fourth-order valence-electron chi connectivity index (χ4n) is 2.04. The molecule has 2 rings (SSSR count). The number of hydrogen-bond acceptors (Lipinski definition) is 4. The van der Waals surface area contributed by atoms with Crippen molar-refractivity contribution in [1.29, 1.82) is 0 Å². The molecule has 2 N–H and O–H groups in total. The summed E-state index contributed by atoms with van der Waals surface area (Å²) in [7, 11) is 3.00. The van der Waals surface area contributed by atoms with Crippen molar-refractivity contribution in [2.45, 2.75) is 12.8 Å². The lowest BCUT2D eigenvalue weighted by Crippen LogP contribution is -2.23. The van der Waals surface area contributed by atoms with Gasteiger partial charge >= 0.3 is 0 Å². The maximum atomic E-state index is 5.32. The number of thiocarbonyl (C=S) groups is 2. The second-order valence-electron chi connectivity index (χ2n) is 5.07. The molecule has 0 saturated carbocycles. The lowest BCUT2D eigenvalue weighted by atomic mass is 10.2. The van der Waals surface area contributed by atoms with Crippen molar-refractivity contribution >= 4 is 54.7 Å². The molecule has 0 heterocycles. The van der Waals surface area contributed by atoms with Crippen LogP contribution in [0.15, 0.2) is 60.7 Å². The highest BCUT2D eigenvalue weighted by Gasteiger charge is 2.02. The van der Waals surface area contributed by atoms with Crippen LogP contribution >= 0.6 is 46.0 Å². The summed E-state index contributed by atoms with van der Waals surface area (Å²) in [5, 5.41) is 6.51. The Kier molecular flexibility index (Phi) is 9.20. The van der Waals surface area contributed by atoms with Gasteiger partial charge in [-0.3, -0.25) is 0 Å². The monoisotopic (exact) mass is 392 g/mol. The molecule has 0 fully saturated rings. The van der Waals surface area contributed by atoms with Crippen LogP contribution < -0.4 is 10.6 Å². The smallest absolute Gasteiger partial charge is 0.144 e. The summed E-state index contributed by atoms with van der Waals surface area (Å²) in [6, 6.07) is 20.8. The standard InChI is InChI=1S/C18H20N2S4/c21-17(19-13-11-15-7-3-1-4-8-15)23-24-18(22)20-14-12-16-9-5-2-6-10-16/h1-10H,11-14H2,(H,19,21)(H,20,22). The van der Waals surface area contributed by atoms with Crippen molar-refractivity contribution in [3.8, 4) is 0 Å². The third kappa shape index (κ3) is 8.15. The van der Waals surface area contributed by atoms with Crippen molar-refractivity contribution in [2.24, 2.45) is 0 Å². The summed E-state index contributed by atoms with van der Waals surface area (Å²) < 4.78 is 1.53. The molecule has 2 aromatic carbocycles. The largest absolute Gasteiger partial charge is 0.370 e. The summed E-state index contributed by atoms with van der Waals surface area (Å²) in [5.41, 5.74) is 2.62. The predicted octanol–water partition coefficient (Wildman–Crippen LogP) is 4.60. The van der Waals surface area contributed by atoms with Gasteiger partial charge in [-0.25, -0.2) is 0 Å². The first-order valence-electron chi connectivity index (χ1n) is 7.72. The minimum Gasteiger partial charge on any atom is -0.370 e. The minimum atomic E-state index is 0.767. The van der Waals surface area contributed by atoms with Crippen LogP contribution in [0.25, 0.3) is 0 Å². The van der Waals surface area contributed by atoms with E-state index >= 15 is 0 Å². The van der Waals surface area contributed by atoms with E-state index in [2.05, 4.69) is 59.2 Å². The number of benzene rings is 2. The summed E-state index contributed by atoms with van der Waals surface area (Å²) in [4.78, 5) is 0. The van der Waals surface area contributed by atoms with E-state index < -0.39 is 0 Å². The highest BCUT2D eigenvalue weighted by atomic mass is 33.1. The molecular weight excluding hydrogens is 372 g/mol. The van der Waals surface area contributed by atoms with Crippen LogP contribution in [0.2, 0.25) is 0 Å². The van der Waals surface area contributed by atoms with Crippen LogP contribution in [0.4, 0.5) is 0 Å². The first kappa shape index (κ1) is 19.2. The lowest BCUT2D eigenvalue weighted by molar-refractivity contribution is 0.882. The molecule has 0 atom stereocenters. The fourth-order valence-corrected chi connectivity index (χ4v) is 4.14. The van der Waals surface area contributed by atoms with E-state index in [9.17, 15) is 0 Å². The third-order valence-corrected chi connectivity index (χ3v) is 6.59. The Morgan fingerprint density at radius 2 is 1.04 bits per heavy atom. The molecule has 0 aliphatic heterocycles. The first-order valence-corrected chi connectivity index (χ1v) is 10.7. The Labute approximate surface area is 162 Å². The van der Waals surface area contributed by atoms with E-state index in [4.69, 9.17) is 24.4 Å². The van der Waals surface area contributed by atoms with Gasteiger partial charge in [-0.1, -0.05) is 85.1 Å². The number of rotatable bonds is 6. The molecule has 0 saturated heterocycles. The van der Waals surface area contributed by atoms with E-state index in [0.717, 1.165) is 34.6 Å². The summed E-state index contributed by atoms with van der Waals surface area (Å²) in [5.74, 6) is 0. The van der Waals surface area contributed by atoms with Crippen LogP contribution in [-0.2, 0) is 12.8 Å². The van der Waals surface area contributed by atoms with Crippen molar-refractivity contribution in [1.82, 2.24) is 10.6 Å². The zero-order valence-electron chi connectivity index (χ0n) is 13.2. The first-order chi connectivity index (χ1) is 11.7. The van der Waals surface area contributed by atoms with E-state index in [0.29, 0.717) is 0 Å². The van der Waals surface area contributed by atoms with Crippen molar-refractivity contribution in [2.75, 3.05) is 13.1 Å². The van der Waals surface area contributed by atoms with Crippen LogP contribution in [-0.4, -0.2) is 21.7 Å². The van der Waals surface area contributed by atoms with E-state index in [-0.39, 0.29) is 0 Å². The topological polar surface area (TPSA) is 24.1 Å². The van der Waals surface area contributed by atoms with Gasteiger partial charge in [0.15, 0.2) is 0 Å². The van der Waals surface area contributed by atoms with Crippen molar-refractivity contribution < 1.29 is 0 Å². The Morgan fingerprint density at radius 1 is 0.667 bits per heavy atom. The molecular formula is C18H20N2S4. The zero-order chi connectivity index (χ0) is 17.0. The third-order valence-electron chi connectivity index (χ3n) is 3.24. The Hall–Kier alpha value is -1.08. The summed E-state index contributed by atoms with van der Waals surface area (Å²) >= 11 is 10.6. The highest BCUT2D eigenvalue weighted by molar-refractivity contribution is 8.89. The second kappa shape index (κ2) is 11.5. The fraction of sp³-hybridized carbons (Fsp3) is 0.222. The summed E-state index contributed by atoms with van der Waals surface area (Å²) in [6.45, 7) is 1.68. The maximum Gasteiger partial charge on any atom is 0.144 e. The van der Waals surface area contributed by atoms with Crippen molar-refractivity contribution in [3.63, 3.8) is 0 Å². The highest BCUT2D eigenvalue weighted by Crippen LogP contribution is 2.22. The van der Waals surface area contributed by atoms with Gasteiger partial charge in [0.05, 0.1) is 0 Å². The average molecular weight is 393 g/mol. The molecule has 0 aromatic heterocycles. The van der Waals surface area contributed by atoms with Gasteiger partial charge in [-0.15, -0.1) is 0 Å². The van der Waals surface area contributed by atoms with Gasteiger partial charge in [0.1, 0.15) is 8.64 Å². The molecule has 0 spiro atoms. The van der Waals surface area contributed by atoms with Crippen LogP contribution in [0.3, 0.4) is 0 Å². The number of nitrogens with one attached hydrogen (secondary N) is 2. The Morgan fingerprint density at radius 3 is 1.42 bits per heavy atom. The molecule has 24 heavy (non-hydrogen) atoms. The van der Waals surface area contributed by atoms with Gasteiger partial charge in [-0.2, -0.15) is 0 Å². The average Bonchev–Trinajstić information content (AvgIpc) is 2.62. The van der Waals surface area contributed by atoms with Gasteiger partial charge < -0.3 is 10.6 Å². The molecule has 2 nitrogen and oxygen atoms in total. The molecule has 0 bridgehead atoms. The molecule has 2 aromatic rings. The van der Waals surface area contributed by atoms with E-state index in [1.807, 2.05) is 12.1 Å². The molecule has 0 aliphatic rings. The van der Waals surface area contributed by atoms with Crippen LogP contribution in [0, 0.1) is 0 Å². The molecule has 0 aliphatic carbocycles. The van der Waals surface area contributed by atoms with Crippen LogP contribution in [0.5, 0.6) is 0 Å². The lowest BCUT2D eigenvalue weighted by Gasteiger charge is -2.09. The molecule has 126 valence electrons. The minimum absolute atomic E-state index is 0.767. The predicted molar refractivity (Wildman–Crippen MR) is 117 cm³/mol. The quantitative estimate of drug-likeness (QED) is 0.550. The SMILES string of the molecule is S=C(NCCc1ccccc1)SSC(=S)NCCc1ccccc1. The Bertz CT molecular complexity index is 574. The zero-order valence-corrected chi connectivity index (χ0v) is 16.5. The van der Waals surface area contributed by atoms with Crippen molar-refractivity contribution in [3.05, 3.63) is 71.8 Å². The second-order valence-corrected chi connectivity index (χ2v) is 8.55.